The molecule has 2 aliphatic rings. The summed E-state index contributed by atoms with van der Waals surface area (Å²) in [6.07, 6.45) is 2.58. The Morgan fingerprint density at radius 2 is 2.05 bits per heavy atom. The first-order valence-electron chi connectivity index (χ1n) is 7.30. The van der Waals surface area contributed by atoms with Crippen molar-refractivity contribution >= 4 is 11.8 Å². The smallest absolute Gasteiger partial charge is 0.239 e. The van der Waals surface area contributed by atoms with E-state index >= 15 is 0 Å². The monoisotopic (exact) mass is 267 g/mol. The van der Waals surface area contributed by atoms with Gasteiger partial charge in [0.15, 0.2) is 0 Å². The number of rotatable bonds is 1. The Hall–Kier alpha value is -1.10. The fraction of sp³-hybridized carbons (Fsp3) is 0.857. The van der Waals surface area contributed by atoms with Crippen LogP contribution in [0.5, 0.6) is 0 Å². The Bertz CT molecular complexity index is 359. The fourth-order valence-electron chi connectivity index (χ4n) is 3.26. The fourth-order valence-corrected chi connectivity index (χ4v) is 3.26. The molecule has 1 saturated carbocycles. The predicted molar refractivity (Wildman–Crippen MR) is 73.2 cm³/mol. The van der Waals surface area contributed by atoms with Crippen LogP contribution >= 0.6 is 0 Å². The maximum atomic E-state index is 12.6. The molecular weight excluding hydrogens is 242 g/mol. The van der Waals surface area contributed by atoms with Gasteiger partial charge in [0.05, 0.1) is 6.54 Å². The van der Waals surface area contributed by atoms with Gasteiger partial charge in [-0.3, -0.25) is 9.59 Å². The van der Waals surface area contributed by atoms with Crippen molar-refractivity contribution in [3.05, 3.63) is 0 Å². The number of hydrogen-bond acceptors (Lipinski definition) is 3. The molecule has 0 bridgehead atoms. The standard InChI is InChI=1S/C14H25N3O2/c1-9-6-10(2)12(15)7-11(9)14(19)17-5-3-4-16-13(18)8-17/h9-12H,3-8,15H2,1-2H3,(H,16,18). The van der Waals surface area contributed by atoms with Crippen molar-refractivity contribution in [2.75, 3.05) is 19.6 Å². The maximum Gasteiger partial charge on any atom is 0.239 e. The Morgan fingerprint density at radius 1 is 1.32 bits per heavy atom. The van der Waals surface area contributed by atoms with Crippen LogP contribution in [0.4, 0.5) is 0 Å². The Labute approximate surface area is 114 Å². The van der Waals surface area contributed by atoms with Gasteiger partial charge in [0, 0.05) is 25.0 Å². The third-order valence-electron chi connectivity index (χ3n) is 4.58. The highest BCUT2D eigenvalue weighted by Gasteiger charge is 2.37. The van der Waals surface area contributed by atoms with E-state index in [-0.39, 0.29) is 30.3 Å². The zero-order chi connectivity index (χ0) is 14.0. The van der Waals surface area contributed by atoms with Gasteiger partial charge >= 0.3 is 0 Å². The molecule has 3 N–H and O–H groups in total. The van der Waals surface area contributed by atoms with Gasteiger partial charge in [-0.1, -0.05) is 13.8 Å². The third kappa shape index (κ3) is 3.26. The first kappa shape index (κ1) is 14.3. The Kier molecular flexibility index (Phi) is 4.45. The molecule has 19 heavy (non-hydrogen) atoms. The summed E-state index contributed by atoms with van der Waals surface area (Å²) in [4.78, 5) is 25.9. The van der Waals surface area contributed by atoms with Gasteiger partial charge in [-0.2, -0.15) is 0 Å². The lowest BCUT2D eigenvalue weighted by Gasteiger charge is -2.38. The number of nitrogens with one attached hydrogen (secondary N) is 1. The third-order valence-corrected chi connectivity index (χ3v) is 4.58. The summed E-state index contributed by atoms with van der Waals surface area (Å²) in [5, 5.41) is 2.80. The molecule has 4 unspecified atom stereocenters. The largest absolute Gasteiger partial charge is 0.354 e. The highest BCUT2D eigenvalue weighted by molar-refractivity contribution is 5.86. The number of nitrogens with zero attached hydrogens (tertiary/aromatic N) is 1. The lowest BCUT2D eigenvalue weighted by atomic mass is 9.72. The van der Waals surface area contributed by atoms with E-state index in [0.29, 0.717) is 24.9 Å². The van der Waals surface area contributed by atoms with Crippen LogP contribution in [0.1, 0.15) is 33.1 Å². The predicted octanol–water partition coefficient (Wildman–Crippen LogP) is 0.344. The van der Waals surface area contributed by atoms with Gasteiger partial charge in [-0.05, 0) is 31.1 Å². The molecule has 1 aliphatic carbocycles. The van der Waals surface area contributed by atoms with E-state index < -0.39 is 0 Å². The van der Waals surface area contributed by atoms with Crippen LogP contribution in [0.2, 0.25) is 0 Å². The Balaban J connectivity index is 2.03. The maximum absolute atomic E-state index is 12.6. The van der Waals surface area contributed by atoms with Gasteiger partial charge in [-0.25, -0.2) is 0 Å². The van der Waals surface area contributed by atoms with Crippen molar-refractivity contribution in [1.29, 1.82) is 0 Å². The molecule has 0 radical (unpaired) electrons. The molecule has 2 fully saturated rings. The summed E-state index contributed by atoms with van der Waals surface area (Å²) in [5.41, 5.74) is 6.11. The second kappa shape index (κ2) is 5.90. The molecule has 5 heteroatoms. The van der Waals surface area contributed by atoms with Crippen molar-refractivity contribution in [2.45, 2.75) is 39.2 Å². The minimum absolute atomic E-state index is 0.0166. The number of carbonyl (C=O) groups is 2. The number of amides is 2. The average Bonchev–Trinajstić information content (AvgIpc) is 2.58. The van der Waals surface area contributed by atoms with Gasteiger partial charge in [0.2, 0.25) is 11.8 Å². The lowest BCUT2D eigenvalue weighted by Crippen LogP contribution is -2.48. The van der Waals surface area contributed by atoms with Crippen molar-refractivity contribution in [2.24, 2.45) is 23.5 Å². The van der Waals surface area contributed by atoms with Gasteiger partial charge in [0.1, 0.15) is 0 Å². The molecule has 5 nitrogen and oxygen atoms in total. The lowest BCUT2D eigenvalue weighted by molar-refractivity contribution is -0.141. The van der Waals surface area contributed by atoms with Gasteiger partial charge < -0.3 is 16.0 Å². The summed E-state index contributed by atoms with van der Waals surface area (Å²) >= 11 is 0. The molecule has 2 rings (SSSR count). The quantitative estimate of drug-likeness (QED) is 0.719. The van der Waals surface area contributed by atoms with E-state index in [1.54, 1.807) is 4.90 Å². The van der Waals surface area contributed by atoms with Crippen LogP contribution in [-0.2, 0) is 9.59 Å². The molecule has 0 spiro atoms. The molecule has 0 aromatic carbocycles. The summed E-state index contributed by atoms with van der Waals surface area (Å²) in [6, 6.07) is 0.103. The van der Waals surface area contributed by atoms with E-state index in [9.17, 15) is 9.59 Å². The summed E-state index contributed by atoms with van der Waals surface area (Å²) in [5.74, 6) is 0.885. The van der Waals surface area contributed by atoms with Crippen LogP contribution in [-0.4, -0.2) is 42.4 Å². The number of nitrogens with two attached hydrogens (primary N) is 1. The second-order valence-electron chi connectivity index (χ2n) is 6.16. The minimum Gasteiger partial charge on any atom is -0.354 e. The molecular formula is C14H25N3O2. The summed E-state index contributed by atoms with van der Waals surface area (Å²) in [7, 11) is 0. The van der Waals surface area contributed by atoms with E-state index in [0.717, 1.165) is 19.3 Å². The van der Waals surface area contributed by atoms with Gasteiger partial charge in [0.25, 0.3) is 0 Å². The molecule has 2 amide bonds. The van der Waals surface area contributed by atoms with Crippen molar-refractivity contribution < 1.29 is 9.59 Å². The summed E-state index contributed by atoms with van der Waals surface area (Å²) < 4.78 is 0. The van der Waals surface area contributed by atoms with Crippen molar-refractivity contribution in [3.8, 4) is 0 Å². The molecule has 108 valence electrons. The highest BCUT2D eigenvalue weighted by Crippen LogP contribution is 2.34. The number of carbonyl (C=O) groups excluding carboxylic acids is 2. The van der Waals surface area contributed by atoms with Crippen molar-refractivity contribution in [3.63, 3.8) is 0 Å². The highest BCUT2D eigenvalue weighted by atomic mass is 16.2. The zero-order valence-electron chi connectivity index (χ0n) is 11.9. The van der Waals surface area contributed by atoms with Crippen molar-refractivity contribution in [1.82, 2.24) is 10.2 Å². The molecule has 0 aromatic heterocycles. The molecule has 1 saturated heterocycles. The number of hydrogen-bond donors (Lipinski definition) is 2. The molecule has 0 aromatic rings. The molecule has 4 atom stereocenters. The first-order chi connectivity index (χ1) is 8.99. The van der Waals surface area contributed by atoms with Crippen LogP contribution in [0.3, 0.4) is 0 Å². The molecule has 1 aliphatic heterocycles. The van der Waals surface area contributed by atoms with Gasteiger partial charge in [-0.15, -0.1) is 0 Å². The van der Waals surface area contributed by atoms with Crippen LogP contribution in [0.25, 0.3) is 0 Å². The van der Waals surface area contributed by atoms with E-state index in [4.69, 9.17) is 5.73 Å². The van der Waals surface area contributed by atoms with E-state index in [1.165, 1.54) is 0 Å². The summed E-state index contributed by atoms with van der Waals surface area (Å²) in [6.45, 7) is 5.82. The first-order valence-corrected chi connectivity index (χ1v) is 7.30. The van der Waals surface area contributed by atoms with Crippen LogP contribution in [0, 0.1) is 17.8 Å². The minimum atomic E-state index is -0.0491. The second-order valence-corrected chi connectivity index (χ2v) is 6.16. The normalized spacial score (nSPS) is 36.6. The Morgan fingerprint density at radius 3 is 2.79 bits per heavy atom. The van der Waals surface area contributed by atoms with Crippen LogP contribution in [0.15, 0.2) is 0 Å². The SMILES string of the molecule is CC1CC(C)C(C(=O)N2CCCNC(=O)C2)CC1N. The molecule has 1 heterocycles. The topological polar surface area (TPSA) is 75.4 Å². The van der Waals surface area contributed by atoms with E-state index in [2.05, 4.69) is 19.2 Å². The van der Waals surface area contributed by atoms with E-state index in [1.807, 2.05) is 0 Å². The van der Waals surface area contributed by atoms with Crippen LogP contribution < -0.4 is 11.1 Å². The zero-order valence-corrected chi connectivity index (χ0v) is 11.9. The average molecular weight is 267 g/mol.